The maximum absolute atomic E-state index is 5.75. The number of hydrogen-bond donors (Lipinski definition) is 0. The Labute approximate surface area is 537 Å². The Kier molecular flexibility index (Phi) is 12.8. The van der Waals surface area contributed by atoms with E-state index in [0.29, 0.717) is 17.6 Å². The zero-order valence-electron chi connectivity index (χ0n) is 50.5. The van der Waals surface area contributed by atoms with Gasteiger partial charge in [0, 0.05) is 43.4 Å². The molecule has 0 aliphatic carbocycles. The second-order valence-electron chi connectivity index (χ2n) is 23.9. The Morgan fingerprint density at radius 3 is 0.785 bits per heavy atom. The van der Waals surface area contributed by atoms with Gasteiger partial charge in [-0.2, -0.15) is 9.97 Å². The highest BCUT2D eigenvalue weighted by atomic mass is 15.2. The fourth-order valence-corrected chi connectivity index (χ4v) is 14.1. The number of aromatic nitrogens is 6. The van der Waals surface area contributed by atoms with Crippen LogP contribution in [0.15, 0.2) is 340 Å². The molecule has 0 atom stereocenters. The van der Waals surface area contributed by atoms with Crippen molar-refractivity contribution in [3.63, 3.8) is 0 Å². The van der Waals surface area contributed by atoms with E-state index in [0.717, 1.165) is 121 Å². The summed E-state index contributed by atoms with van der Waals surface area (Å²) in [6.07, 6.45) is 0. The van der Waals surface area contributed by atoms with E-state index < -0.39 is 0 Å². The van der Waals surface area contributed by atoms with Crippen LogP contribution < -0.4 is 0 Å². The van der Waals surface area contributed by atoms with E-state index in [1.165, 1.54) is 33.4 Å². The summed E-state index contributed by atoms with van der Waals surface area (Å²) in [7, 11) is 0. The molecule has 0 spiro atoms. The number of benzene rings is 14. The van der Waals surface area contributed by atoms with Crippen molar-refractivity contribution >= 4 is 65.4 Å². The normalized spacial score (nSPS) is 11.7. The van der Waals surface area contributed by atoms with Crippen LogP contribution in [0.1, 0.15) is 0 Å². The van der Waals surface area contributed by atoms with Gasteiger partial charge in [-0.25, -0.2) is 4.98 Å². The van der Waals surface area contributed by atoms with Crippen molar-refractivity contribution in [2.45, 2.75) is 0 Å². The monoisotopic (exact) mass is 1180 g/mol. The summed E-state index contributed by atoms with van der Waals surface area (Å²) in [4.78, 5) is 17.2. The molecule has 0 fully saturated rings. The van der Waals surface area contributed by atoms with E-state index in [4.69, 9.17) is 15.0 Å². The molecule has 0 aliphatic heterocycles. The minimum absolute atomic E-state index is 0.504. The molecule has 4 aromatic heterocycles. The molecule has 93 heavy (non-hydrogen) atoms. The minimum atomic E-state index is 0.504. The van der Waals surface area contributed by atoms with E-state index in [2.05, 4.69) is 353 Å². The maximum atomic E-state index is 5.75. The van der Waals surface area contributed by atoms with Gasteiger partial charge in [0.2, 0.25) is 5.95 Å². The van der Waals surface area contributed by atoms with E-state index in [1.54, 1.807) is 0 Å². The van der Waals surface area contributed by atoms with Gasteiger partial charge in [0.1, 0.15) is 0 Å². The molecule has 6 heteroatoms. The fourth-order valence-electron chi connectivity index (χ4n) is 14.1. The molecule has 0 bridgehead atoms. The first-order valence-corrected chi connectivity index (χ1v) is 31.7. The Hall–Kier alpha value is -12.5. The number of para-hydroxylation sites is 4. The van der Waals surface area contributed by atoms with Gasteiger partial charge in [0.05, 0.1) is 44.5 Å². The summed E-state index contributed by atoms with van der Waals surface area (Å²) in [6.45, 7) is 0. The van der Waals surface area contributed by atoms with Gasteiger partial charge >= 0.3 is 0 Å². The van der Waals surface area contributed by atoms with Crippen LogP contribution in [0.3, 0.4) is 0 Å². The second kappa shape index (κ2) is 22.2. The van der Waals surface area contributed by atoms with Gasteiger partial charge in [-0.05, 0) is 152 Å². The van der Waals surface area contributed by atoms with Crippen molar-refractivity contribution in [1.82, 2.24) is 28.7 Å². The van der Waals surface area contributed by atoms with E-state index in [-0.39, 0.29) is 0 Å². The number of rotatable bonds is 11. The molecule has 0 unspecified atom stereocenters. The van der Waals surface area contributed by atoms with Crippen molar-refractivity contribution in [3.05, 3.63) is 340 Å². The summed E-state index contributed by atoms with van der Waals surface area (Å²) < 4.78 is 7.03. The van der Waals surface area contributed by atoms with Crippen LogP contribution >= 0.6 is 0 Å². The Balaban J connectivity index is 0.877. The molecule has 0 saturated carbocycles. The van der Waals surface area contributed by atoms with Crippen molar-refractivity contribution < 1.29 is 0 Å². The quantitative estimate of drug-likeness (QED) is 0.130. The van der Waals surface area contributed by atoms with Crippen LogP contribution in [0.25, 0.3) is 172 Å². The SMILES string of the molecule is c1ccc(-c2ccc(-c3ccc4c(c3)c3cc(-c5ccc(-c6ccccc6)cc5)ccc3n4-c3nc(-c4ccccc4-n4c5ccccc5c5cc(-c6ccccc6)ccc54)nc(-c4ccccc4-n4c5ccccc5c5cc(-c6ccccc6)ccc54)n3)cc2)cc1. The van der Waals surface area contributed by atoms with E-state index >= 15 is 0 Å². The van der Waals surface area contributed by atoms with Crippen LogP contribution in [0.5, 0.6) is 0 Å². The number of fused-ring (bicyclic) bond motifs is 9. The molecule has 0 N–H and O–H groups in total. The lowest BCUT2D eigenvalue weighted by Gasteiger charge is -2.17. The summed E-state index contributed by atoms with van der Waals surface area (Å²) in [6, 6.07) is 122. The van der Waals surface area contributed by atoms with E-state index in [9.17, 15) is 0 Å². The fraction of sp³-hybridized carbons (Fsp3) is 0. The third-order valence-corrected chi connectivity index (χ3v) is 18.6. The van der Waals surface area contributed by atoms with Crippen LogP contribution in [0, 0.1) is 0 Å². The van der Waals surface area contributed by atoms with Crippen LogP contribution in [-0.4, -0.2) is 28.7 Å². The molecule has 4 heterocycles. The Morgan fingerprint density at radius 2 is 0.419 bits per heavy atom. The predicted octanol–water partition coefficient (Wildman–Crippen LogP) is 22.5. The highest BCUT2D eigenvalue weighted by Crippen LogP contribution is 2.43. The third-order valence-electron chi connectivity index (χ3n) is 18.6. The van der Waals surface area contributed by atoms with Gasteiger partial charge in [0.25, 0.3) is 0 Å². The predicted molar refractivity (Wildman–Crippen MR) is 386 cm³/mol. The maximum Gasteiger partial charge on any atom is 0.238 e. The van der Waals surface area contributed by atoms with E-state index in [1.807, 2.05) is 0 Å². The first-order chi connectivity index (χ1) is 46.1. The van der Waals surface area contributed by atoms with Crippen molar-refractivity contribution in [3.8, 4) is 107 Å². The number of nitrogens with zero attached hydrogens (tertiary/aromatic N) is 6. The number of hydrogen-bond acceptors (Lipinski definition) is 3. The molecule has 6 nitrogen and oxygen atoms in total. The first-order valence-electron chi connectivity index (χ1n) is 31.7. The van der Waals surface area contributed by atoms with Gasteiger partial charge in [-0.15, -0.1) is 0 Å². The molecule has 18 rings (SSSR count). The zero-order valence-corrected chi connectivity index (χ0v) is 50.5. The van der Waals surface area contributed by atoms with Crippen LogP contribution in [0.4, 0.5) is 0 Å². The standard InChI is InChI=1S/C87H56N6/c1-5-21-57(22-6-1)61-37-41-63(42-38-61)67-47-51-83-75(55-67)76-56-68(64-43-39-62(40-44-64)58-23-7-2-8-24-58)48-52-84(76)93(83)87-89-85(71-31-15-19-35-79(71)91-77-33-17-13-29-69(77)73-53-65(45-49-81(73)91)59-25-9-3-10-26-59)88-86(90-87)72-32-16-20-36-80(72)92-78-34-18-14-30-70(78)74-54-66(46-50-82(74)92)60-27-11-4-12-28-60/h1-56H. The van der Waals surface area contributed by atoms with Crippen molar-refractivity contribution in [1.29, 1.82) is 0 Å². The molecule has 0 radical (unpaired) electrons. The molecule has 0 saturated heterocycles. The summed E-state index contributed by atoms with van der Waals surface area (Å²) in [5.41, 5.74) is 23.8. The molecular formula is C87H56N6. The van der Waals surface area contributed by atoms with Gasteiger partial charge < -0.3 is 9.13 Å². The lowest BCUT2D eigenvalue weighted by atomic mass is 9.97. The molecule has 434 valence electrons. The van der Waals surface area contributed by atoms with Gasteiger partial charge in [-0.3, -0.25) is 4.57 Å². The van der Waals surface area contributed by atoms with Gasteiger partial charge in [0.15, 0.2) is 11.6 Å². The molecule has 14 aromatic carbocycles. The molecular weight excluding hydrogens is 1130 g/mol. The summed E-state index contributed by atoms with van der Waals surface area (Å²) in [5, 5.41) is 6.83. The highest BCUT2D eigenvalue weighted by molar-refractivity contribution is 6.14. The second-order valence-corrected chi connectivity index (χ2v) is 23.9. The average molecular weight is 1190 g/mol. The lowest BCUT2D eigenvalue weighted by molar-refractivity contribution is 0.950. The van der Waals surface area contributed by atoms with Crippen LogP contribution in [-0.2, 0) is 0 Å². The average Bonchev–Trinajstić information content (AvgIpc) is 1.61. The Bertz CT molecular complexity index is 5530. The molecule has 0 aliphatic rings. The first kappa shape index (κ1) is 53.5. The summed E-state index contributed by atoms with van der Waals surface area (Å²) in [5.74, 6) is 1.59. The minimum Gasteiger partial charge on any atom is -0.309 e. The molecule has 18 aromatic rings. The van der Waals surface area contributed by atoms with Crippen molar-refractivity contribution in [2.75, 3.05) is 0 Å². The Morgan fingerprint density at radius 1 is 0.172 bits per heavy atom. The largest absolute Gasteiger partial charge is 0.309 e. The van der Waals surface area contributed by atoms with Crippen molar-refractivity contribution in [2.24, 2.45) is 0 Å². The lowest BCUT2D eigenvalue weighted by Crippen LogP contribution is -2.09. The summed E-state index contributed by atoms with van der Waals surface area (Å²) >= 11 is 0. The zero-order chi connectivity index (χ0) is 61.3. The smallest absolute Gasteiger partial charge is 0.238 e. The molecule has 0 amide bonds. The topological polar surface area (TPSA) is 53.5 Å². The van der Waals surface area contributed by atoms with Gasteiger partial charge in [-0.1, -0.05) is 255 Å². The third kappa shape index (κ3) is 9.22. The highest BCUT2D eigenvalue weighted by Gasteiger charge is 2.25. The van der Waals surface area contributed by atoms with Crippen LogP contribution in [0.2, 0.25) is 0 Å².